The Hall–Kier alpha value is -2.38. The maximum atomic E-state index is 13.2. The summed E-state index contributed by atoms with van der Waals surface area (Å²) in [7, 11) is 2.07. The Labute approximate surface area is 172 Å². The highest BCUT2D eigenvalue weighted by molar-refractivity contribution is 9.10. The number of likely N-dealkylation sites (N-methyl/N-ethyl adjacent to an activating group) is 1. The molecule has 2 heterocycles. The molecule has 146 valence electrons. The van der Waals surface area contributed by atoms with Gasteiger partial charge in [-0.2, -0.15) is 0 Å². The van der Waals surface area contributed by atoms with E-state index >= 15 is 0 Å². The number of benzene rings is 2. The van der Waals surface area contributed by atoms with Gasteiger partial charge in [-0.15, -0.1) is 0 Å². The maximum Gasteiger partial charge on any atom is 0.265 e. The van der Waals surface area contributed by atoms with Gasteiger partial charge in [0.15, 0.2) is 6.61 Å². The summed E-state index contributed by atoms with van der Waals surface area (Å²) >= 11 is 3.41. The van der Waals surface area contributed by atoms with E-state index in [1.54, 1.807) is 0 Å². The summed E-state index contributed by atoms with van der Waals surface area (Å²) < 4.78 is 6.40. The number of amides is 2. The number of halogens is 1. The number of carbonyl (C=O) groups is 2. The largest absolute Gasteiger partial charge is 0.482 e. The summed E-state index contributed by atoms with van der Waals surface area (Å²) in [6, 6.07) is 15.5. The van der Waals surface area contributed by atoms with E-state index in [0.717, 1.165) is 23.1 Å². The van der Waals surface area contributed by atoms with Crippen LogP contribution < -0.4 is 9.64 Å². The number of hydrogen-bond donors (Lipinski definition) is 0. The van der Waals surface area contributed by atoms with Gasteiger partial charge in [0.2, 0.25) is 5.91 Å². The molecular formula is C21H22BrN3O3. The van der Waals surface area contributed by atoms with E-state index in [-0.39, 0.29) is 31.0 Å². The first kappa shape index (κ1) is 19.0. The van der Waals surface area contributed by atoms with Gasteiger partial charge in [-0.25, -0.2) is 0 Å². The third-order valence-electron chi connectivity index (χ3n) is 5.25. The summed E-state index contributed by atoms with van der Waals surface area (Å²) in [5.74, 6) is 0.361. The maximum absolute atomic E-state index is 13.2. The van der Waals surface area contributed by atoms with Crippen molar-refractivity contribution >= 4 is 33.4 Å². The first-order chi connectivity index (χ1) is 13.5. The zero-order valence-corrected chi connectivity index (χ0v) is 17.3. The van der Waals surface area contributed by atoms with E-state index in [1.807, 2.05) is 41.3 Å². The standard InChI is InChI=1S/C21H22BrN3O3/c1-23-9-10-24(18(12-23)15-5-3-2-4-6-15)20(26)13-25-17-8-7-16(22)11-19(17)28-14-21(25)27/h2-8,11,18H,9-10,12-14H2,1H3/t18-/m0/s1. The minimum atomic E-state index is -0.200. The van der Waals surface area contributed by atoms with E-state index in [9.17, 15) is 9.59 Å². The Morgan fingerprint density at radius 1 is 1.18 bits per heavy atom. The molecule has 28 heavy (non-hydrogen) atoms. The monoisotopic (exact) mass is 443 g/mol. The fraction of sp³-hybridized carbons (Fsp3) is 0.333. The molecule has 0 radical (unpaired) electrons. The van der Waals surface area contributed by atoms with Crippen LogP contribution in [-0.4, -0.2) is 61.4 Å². The molecule has 0 aromatic heterocycles. The molecule has 0 spiro atoms. The van der Waals surface area contributed by atoms with Crippen LogP contribution in [0.3, 0.4) is 0 Å². The highest BCUT2D eigenvalue weighted by Crippen LogP contribution is 2.35. The number of anilines is 1. The second-order valence-corrected chi connectivity index (χ2v) is 8.07. The first-order valence-electron chi connectivity index (χ1n) is 9.28. The fourth-order valence-electron chi connectivity index (χ4n) is 3.76. The Morgan fingerprint density at radius 2 is 1.96 bits per heavy atom. The van der Waals surface area contributed by atoms with Crippen molar-refractivity contribution in [3.63, 3.8) is 0 Å². The van der Waals surface area contributed by atoms with Gasteiger partial charge >= 0.3 is 0 Å². The average Bonchev–Trinajstić information content (AvgIpc) is 2.70. The molecule has 4 rings (SSSR count). The quantitative estimate of drug-likeness (QED) is 0.731. The second-order valence-electron chi connectivity index (χ2n) is 7.16. The molecule has 1 saturated heterocycles. The Balaban J connectivity index is 1.58. The molecule has 0 aliphatic carbocycles. The zero-order chi connectivity index (χ0) is 19.7. The Kier molecular flexibility index (Phi) is 5.37. The van der Waals surface area contributed by atoms with Crippen molar-refractivity contribution < 1.29 is 14.3 Å². The highest BCUT2D eigenvalue weighted by Gasteiger charge is 2.34. The number of hydrogen-bond acceptors (Lipinski definition) is 4. The lowest BCUT2D eigenvalue weighted by Crippen LogP contribution is -2.53. The van der Waals surface area contributed by atoms with E-state index < -0.39 is 0 Å². The van der Waals surface area contributed by atoms with Gasteiger partial charge in [0.1, 0.15) is 12.3 Å². The van der Waals surface area contributed by atoms with Gasteiger partial charge in [0, 0.05) is 24.1 Å². The number of fused-ring (bicyclic) bond motifs is 1. The van der Waals surface area contributed by atoms with Crippen LogP contribution in [0.4, 0.5) is 5.69 Å². The zero-order valence-electron chi connectivity index (χ0n) is 15.7. The number of piperazine rings is 1. The molecule has 7 heteroatoms. The fourth-order valence-corrected chi connectivity index (χ4v) is 4.10. The lowest BCUT2D eigenvalue weighted by molar-refractivity contribution is -0.136. The highest BCUT2D eigenvalue weighted by atomic mass is 79.9. The van der Waals surface area contributed by atoms with Crippen LogP contribution in [0.15, 0.2) is 53.0 Å². The summed E-state index contributed by atoms with van der Waals surface area (Å²) in [6.07, 6.45) is 0. The molecule has 0 saturated carbocycles. The van der Waals surface area contributed by atoms with Crippen molar-refractivity contribution in [1.29, 1.82) is 0 Å². The predicted octanol–water partition coefficient (Wildman–Crippen LogP) is 2.69. The third-order valence-corrected chi connectivity index (χ3v) is 5.74. The molecule has 0 N–H and O–H groups in total. The van der Waals surface area contributed by atoms with Gasteiger partial charge in [-0.05, 0) is 30.8 Å². The molecule has 2 amide bonds. The molecular weight excluding hydrogens is 422 g/mol. The second kappa shape index (κ2) is 7.93. The number of rotatable bonds is 3. The van der Waals surface area contributed by atoms with E-state index in [0.29, 0.717) is 18.0 Å². The van der Waals surface area contributed by atoms with E-state index in [2.05, 4.69) is 40.0 Å². The topological polar surface area (TPSA) is 53.1 Å². The van der Waals surface area contributed by atoms with Crippen LogP contribution in [0.2, 0.25) is 0 Å². The molecule has 1 atom stereocenters. The van der Waals surface area contributed by atoms with Crippen molar-refractivity contribution in [3.05, 3.63) is 58.6 Å². The Bertz CT molecular complexity index is 890. The number of ether oxygens (including phenoxy) is 1. The summed E-state index contributed by atoms with van der Waals surface area (Å²) in [4.78, 5) is 31.4. The number of carbonyl (C=O) groups excluding carboxylic acids is 2. The smallest absolute Gasteiger partial charge is 0.265 e. The van der Waals surface area contributed by atoms with Crippen molar-refractivity contribution in [2.75, 3.05) is 44.7 Å². The molecule has 2 aliphatic rings. The van der Waals surface area contributed by atoms with Crippen molar-refractivity contribution in [2.24, 2.45) is 0 Å². The van der Waals surface area contributed by atoms with Crippen LogP contribution in [0.25, 0.3) is 0 Å². The SMILES string of the molecule is CN1CCN(C(=O)CN2C(=O)COc3cc(Br)ccc32)[C@H](c2ccccc2)C1. The first-order valence-corrected chi connectivity index (χ1v) is 10.1. The molecule has 0 unspecified atom stereocenters. The lowest BCUT2D eigenvalue weighted by atomic mass is 10.0. The molecule has 2 aromatic carbocycles. The van der Waals surface area contributed by atoms with E-state index in [4.69, 9.17) is 4.74 Å². The lowest BCUT2D eigenvalue weighted by Gasteiger charge is -2.41. The van der Waals surface area contributed by atoms with Gasteiger partial charge < -0.3 is 14.5 Å². The van der Waals surface area contributed by atoms with Crippen LogP contribution in [0, 0.1) is 0 Å². The molecule has 2 aromatic rings. The van der Waals surface area contributed by atoms with Gasteiger partial charge in [0.25, 0.3) is 5.91 Å². The van der Waals surface area contributed by atoms with E-state index in [1.165, 1.54) is 4.90 Å². The number of nitrogens with zero attached hydrogens (tertiary/aromatic N) is 3. The third kappa shape index (κ3) is 3.77. The van der Waals surface area contributed by atoms with Crippen LogP contribution in [-0.2, 0) is 9.59 Å². The van der Waals surface area contributed by atoms with Gasteiger partial charge in [0.05, 0.1) is 11.7 Å². The van der Waals surface area contributed by atoms with Crippen LogP contribution in [0.1, 0.15) is 11.6 Å². The molecule has 6 nitrogen and oxygen atoms in total. The predicted molar refractivity (Wildman–Crippen MR) is 110 cm³/mol. The normalized spacial score (nSPS) is 19.9. The van der Waals surface area contributed by atoms with Gasteiger partial charge in [-0.3, -0.25) is 14.5 Å². The Morgan fingerprint density at radius 3 is 2.75 bits per heavy atom. The summed E-state index contributed by atoms with van der Waals surface area (Å²) in [5, 5.41) is 0. The average molecular weight is 444 g/mol. The van der Waals surface area contributed by atoms with Crippen LogP contribution >= 0.6 is 15.9 Å². The minimum absolute atomic E-state index is 0.0177. The van der Waals surface area contributed by atoms with Crippen molar-refractivity contribution in [3.8, 4) is 5.75 Å². The van der Waals surface area contributed by atoms with Crippen molar-refractivity contribution in [1.82, 2.24) is 9.80 Å². The molecule has 1 fully saturated rings. The molecule has 2 aliphatic heterocycles. The van der Waals surface area contributed by atoms with Crippen LogP contribution in [0.5, 0.6) is 5.75 Å². The van der Waals surface area contributed by atoms with Gasteiger partial charge in [-0.1, -0.05) is 46.3 Å². The summed E-state index contributed by atoms with van der Waals surface area (Å²) in [6.45, 7) is 2.19. The summed E-state index contributed by atoms with van der Waals surface area (Å²) in [5.41, 5.74) is 1.75. The van der Waals surface area contributed by atoms with Crippen molar-refractivity contribution in [2.45, 2.75) is 6.04 Å². The minimum Gasteiger partial charge on any atom is -0.482 e. The molecule has 0 bridgehead atoms.